The van der Waals surface area contributed by atoms with Crippen molar-refractivity contribution in [2.24, 2.45) is 0 Å². The van der Waals surface area contributed by atoms with Crippen molar-refractivity contribution in [3.05, 3.63) is 60.7 Å². The minimum Gasteiger partial charge on any atom is -0.363 e. The van der Waals surface area contributed by atoms with E-state index in [-0.39, 0.29) is 0 Å². The van der Waals surface area contributed by atoms with Crippen molar-refractivity contribution >= 4 is 11.0 Å². The summed E-state index contributed by atoms with van der Waals surface area (Å²) in [4.78, 5) is 13.1. The van der Waals surface area contributed by atoms with Crippen LogP contribution in [-0.2, 0) is 0 Å². The Morgan fingerprint density at radius 3 is 2.68 bits per heavy atom. The fraction of sp³-hybridized carbons (Fsp3) is 0.0588. The zero-order chi connectivity index (χ0) is 14.9. The van der Waals surface area contributed by atoms with E-state index in [9.17, 15) is 0 Å². The Kier molecular flexibility index (Phi) is 2.89. The standard InChI is InChI=1S/C17H12N4O/c1-11-3-2-4-15(20-11)17-13(10-22-21-17)12-5-6-14-16(9-12)19-8-7-18-14/h2-10H,1H3. The molecule has 106 valence electrons. The van der Waals surface area contributed by atoms with Gasteiger partial charge in [0, 0.05) is 18.1 Å². The molecular weight excluding hydrogens is 276 g/mol. The maximum absolute atomic E-state index is 5.18. The number of benzene rings is 1. The van der Waals surface area contributed by atoms with Gasteiger partial charge in [-0.3, -0.25) is 15.0 Å². The molecule has 5 heteroatoms. The molecule has 0 aliphatic rings. The number of hydrogen-bond acceptors (Lipinski definition) is 5. The van der Waals surface area contributed by atoms with Gasteiger partial charge in [0.1, 0.15) is 12.0 Å². The Hall–Kier alpha value is -3.08. The Bertz CT molecular complexity index is 961. The minimum absolute atomic E-state index is 0.729. The van der Waals surface area contributed by atoms with Gasteiger partial charge in [-0.15, -0.1) is 0 Å². The summed E-state index contributed by atoms with van der Waals surface area (Å²) in [6.45, 7) is 1.95. The van der Waals surface area contributed by atoms with E-state index >= 15 is 0 Å². The third-order valence-corrected chi connectivity index (χ3v) is 3.48. The predicted octanol–water partition coefficient (Wildman–Crippen LogP) is 3.66. The van der Waals surface area contributed by atoms with Crippen LogP contribution in [0.25, 0.3) is 33.5 Å². The monoisotopic (exact) mass is 288 g/mol. The molecule has 0 radical (unpaired) electrons. The molecule has 0 aliphatic heterocycles. The Balaban J connectivity index is 1.87. The van der Waals surface area contributed by atoms with Crippen molar-refractivity contribution in [3.8, 4) is 22.5 Å². The van der Waals surface area contributed by atoms with Crippen LogP contribution in [0.5, 0.6) is 0 Å². The van der Waals surface area contributed by atoms with Gasteiger partial charge in [0.15, 0.2) is 0 Å². The Labute approximate surface area is 126 Å². The Morgan fingerprint density at radius 1 is 0.955 bits per heavy atom. The van der Waals surface area contributed by atoms with Crippen LogP contribution in [0, 0.1) is 6.92 Å². The summed E-state index contributed by atoms with van der Waals surface area (Å²) in [7, 11) is 0. The molecule has 22 heavy (non-hydrogen) atoms. The average molecular weight is 288 g/mol. The van der Waals surface area contributed by atoms with Gasteiger partial charge in [-0.25, -0.2) is 0 Å². The second kappa shape index (κ2) is 5.04. The highest BCUT2D eigenvalue weighted by atomic mass is 16.5. The van der Waals surface area contributed by atoms with Crippen LogP contribution in [0.4, 0.5) is 0 Å². The second-order valence-electron chi connectivity index (χ2n) is 5.00. The Morgan fingerprint density at radius 2 is 1.82 bits per heavy atom. The second-order valence-corrected chi connectivity index (χ2v) is 5.00. The summed E-state index contributed by atoms with van der Waals surface area (Å²) < 4.78 is 5.18. The third kappa shape index (κ3) is 2.13. The molecule has 0 N–H and O–H groups in total. The highest BCUT2D eigenvalue weighted by molar-refractivity contribution is 5.85. The van der Waals surface area contributed by atoms with E-state index in [4.69, 9.17) is 4.52 Å². The van der Waals surface area contributed by atoms with Crippen LogP contribution in [-0.4, -0.2) is 20.1 Å². The lowest BCUT2D eigenvalue weighted by Crippen LogP contribution is -1.89. The first-order valence-electron chi connectivity index (χ1n) is 6.91. The fourth-order valence-corrected chi connectivity index (χ4v) is 2.43. The van der Waals surface area contributed by atoms with Gasteiger partial charge in [-0.05, 0) is 36.8 Å². The summed E-state index contributed by atoms with van der Waals surface area (Å²) in [6, 6.07) is 11.8. The van der Waals surface area contributed by atoms with Crippen molar-refractivity contribution in [2.75, 3.05) is 0 Å². The molecule has 0 bridgehead atoms. The maximum Gasteiger partial charge on any atom is 0.140 e. The van der Waals surface area contributed by atoms with Crippen molar-refractivity contribution < 1.29 is 4.52 Å². The van der Waals surface area contributed by atoms with Crippen LogP contribution in [0.2, 0.25) is 0 Å². The summed E-state index contributed by atoms with van der Waals surface area (Å²) in [5.74, 6) is 0. The molecule has 0 spiro atoms. The van der Waals surface area contributed by atoms with Crippen LogP contribution < -0.4 is 0 Å². The summed E-state index contributed by atoms with van der Waals surface area (Å²) in [6.07, 6.45) is 5.00. The summed E-state index contributed by atoms with van der Waals surface area (Å²) in [5.41, 5.74) is 6.03. The molecule has 4 rings (SSSR count). The van der Waals surface area contributed by atoms with Crippen LogP contribution in [0.15, 0.2) is 59.6 Å². The molecule has 1 aromatic carbocycles. The lowest BCUT2D eigenvalue weighted by atomic mass is 10.0. The minimum atomic E-state index is 0.729. The average Bonchev–Trinajstić information content (AvgIpc) is 3.04. The van der Waals surface area contributed by atoms with E-state index in [0.717, 1.165) is 39.2 Å². The normalized spacial score (nSPS) is 11.0. The molecule has 0 fully saturated rings. The van der Waals surface area contributed by atoms with E-state index < -0.39 is 0 Å². The number of fused-ring (bicyclic) bond motifs is 1. The van der Waals surface area contributed by atoms with Gasteiger partial charge in [-0.1, -0.05) is 17.3 Å². The quantitative estimate of drug-likeness (QED) is 0.563. The van der Waals surface area contributed by atoms with Crippen molar-refractivity contribution in [3.63, 3.8) is 0 Å². The number of hydrogen-bond donors (Lipinski definition) is 0. The van der Waals surface area contributed by atoms with Gasteiger partial charge in [-0.2, -0.15) is 0 Å². The first-order chi connectivity index (χ1) is 10.8. The highest BCUT2D eigenvalue weighted by Gasteiger charge is 2.14. The van der Waals surface area contributed by atoms with Crippen LogP contribution in [0.1, 0.15) is 5.69 Å². The molecule has 0 amide bonds. The molecule has 3 heterocycles. The van der Waals surface area contributed by atoms with Crippen LogP contribution in [0.3, 0.4) is 0 Å². The molecule has 0 saturated heterocycles. The van der Waals surface area contributed by atoms with Crippen molar-refractivity contribution in [1.82, 2.24) is 20.1 Å². The molecule has 4 aromatic rings. The first-order valence-corrected chi connectivity index (χ1v) is 6.91. The number of aryl methyl sites for hydroxylation is 1. The van der Waals surface area contributed by atoms with Gasteiger partial charge in [0.2, 0.25) is 0 Å². The molecule has 0 unspecified atom stereocenters. The number of nitrogens with zero attached hydrogens (tertiary/aromatic N) is 4. The highest BCUT2D eigenvalue weighted by Crippen LogP contribution is 2.31. The SMILES string of the molecule is Cc1cccc(-c2nocc2-c2ccc3nccnc3c2)n1. The van der Waals surface area contributed by atoms with Gasteiger partial charge < -0.3 is 4.52 Å². The number of rotatable bonds is 2. The molecule has 5 nitrogen and oxygen atoms in total. The molecular formula is C17H12N4O. The lowest BCUT2D eigenvalue weighted by Gasteiger charge is -2.03. The van der Waals surface area contributed by atoms with Gasteiger partial charge in [0.05, 0.1) is 22.3 Å². The molecule has 3 aromatic heterocycles. The molecule has 0 atom stereocenters. The number of aromatic nitrogens is 4. The fourth-order valence-electron chi connectivity index (χ4n) is 2.43. The van der Waals surface area contributed by atoms with E-state index in [1.165, 1.54) is 0 Å². The predicted molar refractivity (Wildman–Crippen MR) is 83.0 cm³/mol. The van der Waals surface area contributed by atoms with Crippen LogP contribution >= 0.6 is 0 Å². The van der Waals surface area contributed by atoms with E-state index in [1.807, 2.05) is 43.3 Å². The lowest BCUT2D eigenvalue weighted by molar-refractivity contribution is 0.422. The summed E-state index contributed by atoms with van der Waals surface area (Å²) in [5, 5.41) is 4.11. The van der Waals surface area contributed by atoms with Gasteiger partial charge in [0.25, 0.3) is 0 Å². The largest absolute Gasteiger partial charge is 0.363 e. The zero-order valence-electron chi connectivity index (χ0n) is 11.9. The molecule has 0 aliphatic carbocycles. The molecule has 0 saturated carbocycles. The maximum atomic E-state index is 5.18. The third-order valence-electron chi connectivity index (χ3n) is 3.48. The zero-order valence-corrected chi connectivity index (χ0v) is 11.9. The van der Waals surface area contributed by atoms with Crippen molar-refractivity contribution in [1.29, 1.82) is 0 Å². The van der Waals surface area contributed by atoms with E-state index in [0.29, 0.717) is 0 Å². The first kappa shape index (κ1) is 12.6. The van der Waals surface area contributed by atoms with E-state index in [2.05, 4.69) is 20.1 Å². The van der Waals surface area contributed by atoms with Crippen molar-refractivity contribution in [2.45, 2.75) is 6.92 Å². The topological polar surface area (TPSA) is 64.7 Å². The van der Waals surface area contributed by atoms with E-state index in [1.54, 1.807) is 18.7 Å². The van der Waals surface area contributed by atoms with Gasteiger partial charge >= 0.3 is 0 Å². The smallest absolute Gasteiger partial charge is 0.140 e. The summed E-state index contributed by atoms with van der Waals surface area (Å²) >= 11 is 0. The number of pyridine rings is 1.